The summed E-state index contributed by atoms with van der Waals surface area (Å²) in [7, 11) is -3.68. The van der Waals surface area contributed by atoms with E-state index in [-0.39, 0.29) is 16.6 Å². The first-order valence-corrected chi connectivity index (χ1v) is 8.26. The summed E-state index contributed by atoms with van der Waals surface area (Å²) in [5.41, 5.74) is 0.816. The third-order valence-corrected chi connectivity index (χ3v) is 5.92. The largest absolute Gasteiger partial charge is 0.349 e. The molecule has 7 nitrogen and oxygen atoms in total. The molecule has 0 bridgehead atoms. The molecule has 0 radical (unpaired) electrons. The molecule has 1 aliphatic heterocycles. The first-order valence-electron chi connectivity index (χ1n) is 6.82. The second-order valence-corrected chi connectivity index (χ2v) is 7.06. The van der Waals surface area contributed by atoms with Crippen LogP contribution < -0.4 is 0 Å². The van der Waals surface area contributed by atoms with Crippen LogP contribution >= 0.6 is 0 Å². The maximum Gasteiger partial charge on any atom is 0.269 e. The zero-order valence-electron chi connectivity index (χ0n) is 11.9. The Labute approximate surface area is 128 Å². The maximum atomic E-state index is 12.8. The van der Waals surface area contributed by atoms with Crippen LogP contribution in [0.15, 0.2) is 47.5 Å². The minimum absolute atomic E-state index is 0.0740. The van der Waals surface area contributed by atoms with E-state index in [1.54, 1.807) is 0 Å². The topological polar surface area (TPSA) is 85.5 Å². The van der Waals surface area contributed by atoms with Gasteiger partial charge in [0.15, 0.2) is 0 Å². The molecule has 0 spiro atoms. The van der Waals surface area contributed by atoms with Crippen molar-refractivity contribution in [2.45, 2.75) is 24.4 Å². The van der Waals surface area contributed by atoms with Crippen LogP contribution in [-0.4, -0.2) is 28.8 Å². The number of nitro groups is 1. The first-order chi connectivity index (χ1) is 10.4. The summed E-state index contributed by atoms with van der Waals surface area (Å²) in [5, 5.41) is 10.7. The molecule has 22 heavy (non-hydrogen) atoms. The van der Waals surface area contributed by atoms with Crippen LogP contribution in [0.5, 0.6) is 0 Å². The number of aromatic nitrogens is 1. The normalized spacial score (nSPS) is 18.9. The van der Waals surface area contributed by atoms with Gasteiger partial charge >= 0.3 is 0 Å². The number of benzene rings is 1. The van der Waals surface area contributed by atoms with Crippen LogP contribution in [0, 0.1) is 10.1 Å². The molecule has 0 amide bonds. The van der Waals surface area contributed by atoms with Gasteiger partial charge in [-0.05, 0) is 31.2 Å². The highest BCUT2D eigenvalue weighted by Crippen LogP contribution is 2.31. The molecule has 1 aliphatic rings. The Morgan fingerprint density at radius 2 is 1.86 bits per heavy atom. The first kappa shape index (κ1) is 14.7. The molecule has 1 aromatic heterocycles. The number of rotatable bonds is 3. The molecule has 116 valence electrons. The highest BCUT2D eigenvalue weighted by atomic mass is 32.2. The molecule has 1 unspecified atom stereocenters. The molecule has 1 aromatic carbocycles. The van der Waals surface area contributed by atoms with E-state index in [1.807, 2.05) is 29.8 Å². The van der Waals surface area contributed by atoms with E-state index < -0.39 is 14.9 Å². The van der Waals surface area contributed by atoms with Crippen molar-refractivity contribution >= 4 is 15.7 Å². The van der Waals surface area contributed by atoms with Gasteiger partial charge in [-0.25, -0.2) is 8.42 Å². The third kappa shape index (κ3) is 2.30. The predicted octanol–water partition coefficient (Wildman–Crippen LogP) is 2.16. The van der Waals surface area contributed by atoms with Crippen molar-refractivity contribution in [2.24, 2.45) is 0 Å². The van der Waals surface area contributed by atoms with Crippen molar-refractivity contribution in [1.29, 1.82) is 0 Å². The molecular weight excluding hydrogens is 306 g/mol. The summed E-state index contributed by atoms with van der Waals surface area (Å²) in [6, 6.07) is 8.52. The van der Waals surface area contributed by atoms with Crippen LogP contribution in [0.25, 0.3) is 0 Å². The second kappa shape index (κ2) is 5.22. The highest BCUT2D eigenvalue weighted by Gasteiger charge is 2.33. The molecule has 2 aromatic rings. The van der Waals surface area contributed by atoms with E-state index >= 15 is 0 Å². The maximum absolute atomic E-state index is 12.8. The second-order valence-electron chi connectivity index (χ2n) is 5.17. The number of hydrogen-bond acceptors (Lipinski definition) is 4. The van der Waals surface area contributed by atoms with Crippen molar-refractivity contribution in [3.63, 3.8) is 0 Å². The summed E-state index contributed by atoms with van der Waals surface area (Å²) in [6.45, 7) is 2.81. The van der Waals surface area contributed by atoms with Gasteiger partial charge in [0.25, 0.3) is 5.69 Å². The minimum atomic E-state index is -3.68. The van der Waals surface area contributed by atoms with Gasteiger partial charge in [0.2, 0.25) is 10.0 Å². The van der Waals surface area contributed by atoms with Crippen LogP contribution in [0.3, 0.4) is 0 Å². The summed E-state index contributed by atoms with van der Waals surface area (Å²) < 4.78 is 29.0. The van der Waals surface area contributed by atoms with Gasteiger partial charge in [0.05, 0.1) is 15.9 Å². The van der Waals surface area contributed by atoms with Crippen molar-refractivity contribution in [2.75, 3.05) is 6.54 Å². The Morgan fingerprint density at radius 1 is 1.18 bits per heavy atom. The van der Waals surface area contributed by atoms with Crippen molar-refractivity contribution in [3.8, 4) is 0 Å². The lowest BCUT2D eigenvalue weighted by molar-refractivity contribution is -0.384. The van der Waals surface area contributed by atoms with Gasteiger partial charge in [-0.3, -0.25) is 10.1 Å². The van der Waals surface area contributed by atoms with Crippen LogP contribution in [0.4, 0.5) is 5.69 Å². The Kier molecular flexibility index (Phi) is 3.50. The zero-order chi connectivity index (χ0) is 15.9. The van der Waals surface area contributed by atoms with Crippen molar-refractivity contribution in [3.05, 3.63) is 58.4 Å². The van der Waals surface area contributed by atoms with Crippen LogP contribution in [-0.2, 0) is 16.6 Å². The predicted molar refractivity (Wildman–Crippen MR) is 79.8 cm³/mol. The van der Waals surface area contributed by atoms with Crippen LogP contribution in [0.1, 0.15) is 18.7 Å². The quantitative estimate of drug-likeness (QED) is 0.640. The molecule has 0 N–H and O–H groups in total. The van der Waals surface area contributed by atoms with Crippen molar-refractivity contribution < 1.29 is 13.3 Å². The van der Waals surface area contributed by atoms with Gasteiger partial charge in [0.1, 0.15) is 0 Å². The molecular formula is C14H15N3O4S. The number of fused-ring (bicyclic) bond motifs is 1. The summed E-state index contributed by atoms with van der Waals surface area (Å²) in [4.78, 5) is 10.2. The number of hydrogen-bond donors (Lipinski definition) is 0. The fourth-order valence-corrected chi connectivity index (χ4v) is 4.36. The Hall–Kier alpha value is -2.19. The SMILES string of the molecule is CC1c2cccn2CCN1S(=O)(=O)c1ccc([N+](=O)[O-])cc1. The smallest absolute Gasteiger partial charge is 0.269 e. The van der Waals surface area contributed by atoms with Gasteiger partial charge < -0.3 is 4.57 Å². The van der Waals surface area contributed by atoms with Gasteiger partial charge in [0, 0.05) is 37.1 Å². The van der Waals surface area contributed by atoms with Gasteiger partial charge in [-0.2, -0.15) is 4.31 Å². The molecule has 2 heterocycles. The number of sulfonamides is 1. The highest BCUT2D eigenvalue weighted by molar-refractivity contribution is 7.89. The number of nitro benzene ring substituents is 1. The van der Waals surface area contributed by atoms with Gasteiger partial charge in [-0.15, -0.1) is 0 Å². The zero-order valence-corrected chi connectivity index (χ0v) is 12.7. The van der Waals surface area contributed by atoms with E-state index in [4.69, 9.17) is 0 Å². The summed E-state index contributed by atoms with van der Waals surface area (Å²) >= 11 is 0. The molecule has 3 rings (SSSR count). The molecule has 0 saturated carbocycles. The fraction of sp³-hybridized carbons (Fsp3) is 0.286. The Morgan fingerprint density at radius 3 is 2.50 bits per heavy atom. The Balaban J connectivity index is 1.95. The minimum Gasteiger partial charge on any atom is -0.349 e. The summed E-state index contributed by atoms with van der Waals surface area (Å²) in [5.74, 6) is 0. The Bertz CT molecular complexity index is 811. The number of nitrogens with zero attached hydrogens (tertiary/aromatic N) is 3. The molecule has 8 heteroatoms. The summed E-state index contributed by atoms with van der Waals surface area (Å²) in [6.07, 6.45) is 1.93. The van der Waals surface area contributed by atoms with E-state index in [2.05, 4.69) is 0 Å². The van der Waals surface area contributed by atoms with Crippen molar-refractivity contribution in [1.82, 2.24) is 8.87 Å². The average Bonchev–Trinajstić information content (AvgIpc) is 2.97. The average molecular weight is 321 g/mol. The third-order valence-electron chi connectivity index (χ3n) is 3.94. The molecule has 0 fully saturated rings. The van der Waals surface area contributed by atoms with Crippen LogP contribution in [0.2, 0.25) is 0 Å². The lowest BCUT2D eigenvalue weighted by atomic mass is 10.2. The van der Waals surface area contributed by atoms with E-state index in [0.29, 0.717) is 13.1 Å². The monoisotopic (exact) mass is 321 g/mol. The standard InChI is InChI=1S/C14H15N3O4S/c1-11-14-3-2-8-15(14)9-10-16(11)22(20,21)13-6-4-12(5-7-13)17(18)19/h2-8,11H,9-10H2,1H3. The molecule has 1 atom stereocenters. The van der Waals surface area contributed by atoms with E-state index in [9.17, 15) is 18.5 Å². The lowest BCUT2D eigenvalue weighted by Crippen LogP contribution is -2.40. The number of non-ortho nitro benzene ring substituents is 1. The lowest BCUT2D eigenvalue weighted by Gasteiger charge is -2.33. The van der Waals surface area contributed by atoms with E-state index in [0.717, 1.165) is 5.69 Å². The molecule has 0 aliphatic carbocycles. The molecule has 0 saturated heterocycles. The fourth-order valence-electron chi connectivity index (χ4n) is 2.76. The van der Waals surface area contributed by atoms with E-state index in [1.165, 1.54) is 28.6 Å². The van der Waals surface area contributed by atoms with Gasteiger partial charge in [-0.1, -0.05) is 0 Å².